The second kappa shape index (κ2) is 3.48. The molecule has 2 nitrogen and oxygen atoms in total. The molecule has 0 aliphatic carbocycles. The number of allylic oxidation sites excluding steroid dienone is 1. The third kappa shape index (κ3) is 1.48. The van der Waals surface area contributed by atoms with Crippen LogP contribution in [-0.4, -0.2) is 12.1 Å². The van der Waals surface area contributed by atoms with Gasteiger partial charge in [0.05, 0.1) is 5.57 Å². The summed E-state index contributed by atoms with van der Waals surface area (Å²) in [6, 6.07) is 0. The molecule has 0 saturated carbocycles. The molecular weight excluding hydrogens is 176 g/mol. The molecule has 1 heterocycles. The number of esters is 1. The third-order valence-electron chi connectivity index (χ3n) is 1.95. The molecule has 1 saturated heterocycles. The van der Waals surface area contributed by atoms with Crippen LogP contribution in [0, 0.1) is 5.92 Å². The Morgan fingerprint density at radius 2 is 2.25 bits per heavy atom. The standard InChI is InChI=1S/C9H13ClO2/c1-4-6(10)7-8(5(2)3)12-9(7)11/h5,8H,4H2,1-3H3/b7-6-/t8-/m0/s1. The van der Waals surface area contributed by atoms with E-state index in [2.05, 4.69) is 0 Å². The van der Waals surface area contributed by atoms with Gasteiger partial charge in [-0.2, -0.15) is 0 Å². The van der Waals surface area contributed by atoms with Gasteiger partial charge in [-0.1, -0.05) is 32.4 Å². The molecular formula is C9H13ClO2. The van der Waals surface area contributed by atoms with Gasteiger partial charge in [-0.15, -0.1) is 0 Å². The van der Waals surface area contributed by atoms with Crippen molar-refractivity contribution in [3.05, 3.63) is 10.6 Å². The Balaban J connectivity index is 2.81. The number of carbonyl (C=O) groups is 1. The van der Waals surface area contributed by atoms with Gasteiger partial charge >= 0.3 is 5.97 Å². The van der Waals surface area contributed by atoms with E-state index < -0.39 is 0 Å². The first-order chi connectivity index (χ1) is 5.57. The minimum absolute atomic E-state index is 0.0788. The molecule has 0 spiro atoms. The van der Waals surface area contributed by atoms with Crippen molar-refractivity contribution in [1.29, 1.82) is 0 Å². The second-order valence-corrected chi connectivity index (χ2v) is 3.70. The van der Waals surface area contributed by atoms with Crippen molar-refractivity contribution in [1.82, 2.24) is 0 Å². The van der Waals surface area contributed by atoms with Crippen molar-refractivity contribution < 1.29 is 9.53 Å². The average Bonchev–Trinajstić information content (AvgIpc) is 1.99. The number of rotatable bonds is 2. The van der Waals surface area contributed by atoms with E-state index >= 15 is 0 Å². The van der Waals surface area contributed by atoms with Crippen LogP contribution in [0.15, 0.2) is 10.6 Å². The van der Waals surface area contributed by atoms with Crippen molar-refractivity contribution in [2.45, 2.75) is 33.3 Å². The predicted octanol–water partition coefficient (Wildman–Crippen LogP) is 2.47. The third-order valence-corrected chi connectivity index (χ3v) is 2.42. The molecule has 0 aromatic carbocycles. The molecule has 0 aromatic rings. The van der Waals surface area contributed by atoms with Crippen LogP contribution < -0.4 is 0 Å². The van der Waals surface area contributed by atoms with Crippen molar-refractivity contribution in [3.8, 4) is 0 Å². The van der Waals surface area contributed by atoms with Crippen LogP contribution in [0.1, 0.15) is 27.2 Å². The van der Waals surface area contributed by atoms with E-state index in [-0.39, 0.29) is 12.1 Å². The maximum absolute atomic E-state index is 11.0. The Morgan fingerprint density at radius 1 is 1.67 bits per heavy atom. The fraction of sp³-hybridized carbons (Fsp3) is 0.667. The van der Waals surface area contributed by atoms with Gasteiger partial charge < -0.3 is 4.74 Å². The van der Waals surface area contributed by atoms with Crippen LogP contribution in [0.25, 0.3) is 0 Å². The van der Waals surface area contributed by atoms with Gasteiger partial charge in [-0.25, -0.2) is 4.79 Å². The van der Waals surface area contributed by atoms with E-state index in [0.29, 0.717) is 22.9 Å². The molecule has 1 rings (SSSR count). The second-order valence-electron chi connectivity index (χ2n) is 3.24. The molecule has 1 aliphatic heterocycles. The summed E-state index contributed by atoms with van der Waals surface area (Å²) in [5.74, 6) is 0.0681. The number of hydrogen-bond acceptors (Lipinski definition) is 2. The van der Waals surface area contributed by atoms with E-state index in [0.717, 1.165) is 0 Å². The molecule has 1 aliphatic rings. The zero-order chi connectivity index (χ0) is 9.30. The molecule has 1 fully saturated rings. The highest BCUT2D eigenvalue weighted by molar-refractivity contribution is 6.32. The Bertz CT molecular complexity index is 231. The zero-order valence-corrected chi connectivity index (χ0v) is 8.31. The first-order valence-corrected chi connectivity index (χ1v) is 4.55. The lowest BCUT2D eigenvalue weighted by Crippen LogP contribution is -2.41. The van der Waals surface area contributed by atoms with Gasteiger partial charge in [0.15, 0.2) is 0 Å². The number of hydrogen-bond donors (Lipinski definition) is 0. The van der Waals surface area contributed by atoms with Gasteiger partial charge in [0, 0.05) is 5.03 Å². The van der Waals surface area contributed by atoms with Crippen LogP contribution in [-0.2, 0) is 9.53 Å². The average molecular weight is 189 g/mol. The highest BCUT2D eigenvalue weighted by Crippen LogP contribution is 2.32. The zero-order valence-electron chi connectivity index (χ0n) is 7.56. The highest BCUT2D eigenvalue weighted by Gasteiger charge is 2.39. The molecule has 0 N–H and O–H groups in total. The molecule has 0 amide bonds. The summed E-state index contributed by atoms with van der Waals surface area (Å²) in [4.78, 5) is 11.0. The van der Waals surface area contributed by atoms with Gasteiger partial charge in [-0.3, -0.25) is 0 Å². The first kappa shape index (κ1) is 9.59. The lowest BCUT2D eigenvalue weighted by molar-refractivity contribution is -0.159. The summed E-state index contributed by atoms with van der Waals surface area (Å²) < 4.78 is 4.95. The van der Waals surface area contributed by atoms with Gasteiger partial charge in [0.2, 0.25) is 0 Å². The number of carbonyl (C=O) groups excluding carboxylic acids is 1. The molecule has 12 heavy (non-hydrogen) atoms. The monoisotopic (exact) mass is 188 g/mol. The maximum Gasteiger partial charge on any atom is 0.339 e. The quantitative estimate of drug-likeness (QED) is 0.492. The number of ether oxygens (including phenoxy) is 1. The van der Waals surface area contributed by atoms with Crippen LogP contribution in [0.5, 0.6) is 0 Å². The predicted molar refractivity (Wildman–Crippen MR) is 47.9 cm³/mol. The fourth-order valence-corrected chi connectivity index (χ4v) is 1.41. The summed E-state index contributed by atoms with van der Waals surface area (Å²) >= 11 is 5.88. The molecule has 0 unspecified atom stereocenters. The fourth-order valence-electron chi connectivity index (χ4n) is 1.22. The molecule has 0 bridgehead atoms. The lowest BCUT2D eigenvalue weighted by Gasteiger charge is -2.32. The Morgan fingerprint density at radius 3 is 2.58 bits per heavy atom. The van der Waals surface area contributed by atoms with E-state index in [1.54, 1.807) is 0 Å². The molecule has 68 valence electrons. The molecule has 0 aromatic heterocycles. The summed E-state index contributed by atoms with van der Waals surface area (Å²) in [5.41, 5.74) is 0.675. The minimum Gasteiger partial charge on any atom is -0.453 e. The van der Waals surface area contributed by atoms with E-state index in [9.17, 15) is 4.79 Å². The van der Waals surface area contributed by atoms with Crippen molar-refractivity contribution in [2.24, 2.45) is 5.92 Å². The minimum atomic E-state index is -0.249. The van der Waals surface area contributed by atoms with Crippen LogP contribution in [0.4, 0.5) is 0 Å². The molecule has 3 heteroatoms. The van der Waals surface area contributed by atoms with Gasteiger partial charge in [0.25, 0.3) is 0 Å². The summed E-state index contributed by atoms with van der Waals surface area (Å²) in [7, 11) is 0. The van der Waals surface area contributed by atoms with Gasteiger partial charge in [-0.05, 0) is 12.3 Å². The number of cyclic esters (lactones) is 1. The van der Waals surface area contributed by atoms with Crippen LogP contribution in [0.3, 0.4) is 0 Å². The normalized spacial score (nSPS) is 26.8. The van der Waals surface area contributed by atoms with Gasteiger partial charge in [0.1, 0.15) is 6.10 Å². The van der Waals surface area contributed by atoms with Crippen molar-refractivity contribution in [3.63, 3.8) is 0 Å². The maximum atomic E-state index is 11.0. The summed E-state index contributed by atoms with van der Waals surface area (Å²) in [5, 5.41) is 0.643. The topological polar surface area (TPSA) is 26.3 Å². The summed E-state index contributed by atoms with van der Waals surface area (Å²) in [6.45, 7) is 5.95. The lowest BCUT2D eigenvalue weighted by atomic mass is 9.93. The molecule has 1 atom stereocenters. The SMILES string of the molecule is CC/C(Cl)=C1/C(=O)O[C@H]1C(C)C. The smallest absolute Gasteiger partial charge is 0.339 e. The number of halogens is 1. The summed E-state index contributed by atoms with van der Waals surface area (Å²) in [6.07, 6.45) is 0.625. The van der Waals surface area contributed by atoms with E-state index in [1.807, 2.05) is 20.8 Å². The van der Waals surface area contributed by atoms with Crippen molar-refractivity contribution in [2.75, 3.05) is 0 Å². The first-order valence-electron chi connectivity index (χ1n) is 4.17. The van der Waals surface area contributed by atoms with Crippen LogP contribution in [0.2, 0.25) is 0 Å². The van der Waals surface area contributed by atoms with E-state index in [1.165, 1.54) is 0 Å². The highest BCUT2D eigenvalue weighted by atomic mass is 35.5. The largest absolute Gasteiger partial charge is 0.453 e. The Labute approximate surface area is 77.5 Å². The Kier molecular flexibility index (Phi) is 2.78. The Hall–Kier alpha value is -0.500. The molecule has 0 radical (unpaired) electrons. The van der Waals surface area contributed by atoms with Crippen LogP contribution >= 0.6 is 11.6 Å². The van der Waals surface area contributed by atoms with Crippen molar-refractivity contribution >= 4 is 17.6 Å². The van der Waals surface area contributed by atoms with E-state index in [4.69, 9.17) is 16.3 Å².